The predicted octanol–water partition coefficient (Wildman–Crippen LogP) is 3.05. The van der Waals surface area contributed by atoms with E-state index in [4.69, 9.17) is 0 Å². The summed E-state index contributed by atoms with van der Waals surface area (Å²) >= 11 is 0. The van der Waals surface area contributed by atoms with E-state index in [1.165, 1.54) is 4.31 Å². The Labute approximate surface area is 144 Å². The van der Waals surface area contributed by atoms with Gasteiger partial charge in [-0.05, 0) is 32.0 Å². The van der Waals surface area contributed by atoms with Crippen molar-refractivity contribution in [2.24, 2.45) is 0 Å². The molecule has 5 nitrogen and oxygen atoms in total. The molecular formula is C16H20F3N3O2S. The average Bonchev–Trinajstić information content (AvgIpc) is 2.90. The van der Waals surface area contributed by atoms with Crippen LogP contribution in [-0.4, -0.2) is 49.1 Å². The van der Waals surface area contributed by atoms with Crippen molar-refractivity contribution >= 4 is 26.6 Å². The van der Waals surface area contributed by atoms with E-state index in [-0.39, 0.29) is 6.54 Å². The van der Waals surface area contributed by atoms with Gasteiger partial charge in [0.15, 0.2) is 0 Å². The standard InChI is InChI=1S/C16H20F3N3O2S/c1-15(2)10-21(6-7-22(15)25(3,23)24)14-9-11(16(17,18)19)8-13-12(14)4-5-20-13/h4-5,8-9,20H,6-7,10H2,1-3H3. The predicted molar refractivity (Wildman–Crippen MR) is 91.1 cm³/mol. The number of nitrogens with zero attached hydrogens (tertiary/aromatic N) is 2. The lowest BCUT2D eigenvalue weighted by Gasteiger charge is -2.46. The number of anilines is 1. The van der Waals surface area contributed by atoms with E-state index in [2.05, 4.69) is 4.98 Å². The molecule has 1 aromatic carbocycles. The van der Waals surface area contributed by atoms with Crippen LogP contribution in [0.4, 0.5) is 18.9 Å². The number of halogens is 3. The Kier molecular flexibility index (Phi) is 4.07. The molecule has 0 bridgehead atoms. The van der Waals surface area contributed by atoms with Gasteiger partial charge in [0.1, 0.15) is 0 Å². The zero-order chi connectivity index (χ0) is 18.6. The maximum Gasteiger partial charge on any atom is 0.416 e. The van der Waals surface area contributed by atoms with Crippen LogP contribution in [0.3, 0.4) is 0 Å². The molecule has 3 rings (SSSR count). The topological polar surface area (TPSA) is 56.4 Å². The van der Waals surface area contributed by atoms with Crippen molar-refractivity contribution < 1.29 is 21.6 Å². The highest BCUT2D eigenvalue weighted by molar-refractivity contribution is 7.88. The van der Waals surface area contributed by atoms with Gasteiger partial charge < -0.3 is 9.88 Å². The van der Waals surface area contributed by atoms with Gasteiger partial charge >= 0.3 is 6.18 Å². The summed E-state index contributed by atoms with van der Waals surface area (Å²) in [7, 11) is -3.38. The van der Waals surface area contributed by atoms with E-state index in [0.29, 0.717) is 29.7 Å². The highest BCUT2D eigenvalue weighted by Gasteiger charge is 2.40. The van der Waals surface area contributed by atoms with Gasteiger partial charge in [-0.3, -0.25) is 0 Å². The Morgan fingerprint density at radius 3 is 2.44 bits per heavy atom. The number of rotatable bonds is 2. The minimum atomic E-state index is -4.45. The fraction of sp³-hybridized carbons (Fsp3) is 0.500. The summed E-state index contributed by atoms with van der Waals surface area (Å²) in [5, 5.41) is 0.691. The van der Waals surface area contributed by atoms with Gasteiger partial charge in [-0.15, -0.1) is 0 Å². The molecule has 0 aliphatic carbocycles. The quantitative estimate of drug-likeness (QED) is 0.878. The minimum Gasteiger partial charge on any atom is -0.368 e. The first-order chi connectivity index (χ1) is 11.4. The van der Waals surface area contributed by atoms with Gasteiger partial charge in [0.25, 0.3) is 0 Å². The van der Waals surface area contributed by atoms with Gasteiger partial charge in [0.2, 0.25) is 10.0 Å². The van der Waals surface area contributed by atoms with E-state index in [1.807, 2.05) is 4.90 Å². The molecule has 9 heteroatoms. The summed E-state index contributed by atoms with van der Waals surface area (Å²) in [6, 6.07) is 3.97. The van der Waals surface area contributed by atoms with Crippen LogP contribution >= 0.6 is 0 Å². The highest BCUT2D eigenvalue weighted by Crippen LogP contribution is 2.38. The van der Waals surface area contributed by atoms with Crippen LogP contribution < -0.4 is 4.90 Å². The molecule has 1 aliphatic rings. The van der Waals surface area contributed by atoms with Crippen LogP contribution in [0, 0.1) is 0 Å². The molecule has 1 aromatic heterocycles. The molecule has 2 heterocycles. The molecule has 1 aliphatic heterocycles. The monoisotopic (exact) mass is 375 g/mol. The molecule has 2 aromatic rings. The van der Waals surface area contributed by atoms with Gasteiger partial charge in [0.05, 0.1) is 11.8 Å². The third-order valence-electron chi connectivity index (χ3n) is 4.54. The second-order valence-corrected chi connectivity index (χ2v) is 8.91. The smallest absolute Gasteiger partial charge is 0.368 e. The van der Waals surface area contributed by atoms with Crippen molar-refractivity contribution in [2.75, 3.05) is 30.8 Å². The van der Waals surface area contributed by atoms with Gasteiger partial charge in [-0.1, -0.05) is 0 Å². The Hall–Kier alpha value is -1.74. The Morgan fingerprint density at radius 2 is 1.88 bits per heavy atom. The normalized spacial score (nSPS) is 19.5. The molecule has 0 spiro atoms. The second-order valence-electron chi connectivity index (χ2n) is 7.00. The summed E-state index contributed by atoms with van der Waals surface area (Å²) in [6.45, 7) is 4.43. The van der Waals surface area contributed by atoms with Crippen molar-refractivity contribution in [3.05, 3.63) is 30.0 Å². The number of aromatic nitrogens is 1. The lowest BCUT2D eigenvalue weighted by Crippen LogP contribution is -2.60. The lowest BCUT2D eigenvalue weighted by molar-refractivity contribution is -0.137. The first-order valence-corrected chi connectivity index (χ1v) is 9.65. The van der Waals surface area contributed by atoms with E-state index in [9.17, 15) is 21.6 Å². The Morgan fingerprint density at radius 1 is 1.20 bits per heavy atom. The van der Waals surface area contributed by atoms with Crippen LogP contribution in [0.15, 0.2) is 24.4 Å². The number of hydrogen-bond acceptors (Lipinski definition) is 3. The summed E-state index contributed by atoms with van der Waals surface area (Å²) in [4.78, 5) is 4.66. The number of aromatic amines is 1. The van der Waals surface area contributed by atoms with Gasteiger partial charge in [-0.2, -0.15) is 17.5 Å². The van der Waals surface area contributed by atoms with E-state index < -0.39 is 27.3 Å². The number of fused-ring (bicyclic) bond motifs is 1. The number of H-pyrrole nitrogens is 1. The van der Waals surface area contributed by atoms with Crippen LogP contribution in [0.2, 0.25) is 0 Å². The molecule has 0 saturated carbocycles. The molecule has 0 atom stereocenters. The van der Waals surface area contributed by atoms with Crippen molar-refractivity contribution in [3.8, 4) is 0 Å². The third-order valence-corrected chi connectivity index (χ3v) is 6.02. The van der Waals surface area contributed by atoms with Crippen molar-refractivity contribution in [2.45, 2.75) is 25.6 Å². The molecule has 0 amide bonds. The van der Waals surface area contributed by atoms with Crippen molar-refractivity contribution in [1.82, 2.24) is 9.29 Å². The fourth-order valence-corrected chi connectivity index (χ4v) is 4.90. The maximum atomic E-state index is 13.2. The zero-order valence-corrected chi connectivity index (χ0v) is 15.0. The fourth-order valence-electron chi connectivity index (χ4n) is 3.53. The lowest BCUT2D eigenvalue weighted by atomic mass is 10.00. The number of sulfonamides is 1. The Balaban J connectivity index is 2.04. The van der Waals surface area contributed by atoms with Gasteiger partial charge in [0, 0.05) is 48.0 Å². The van der Waals surface area contributed by atoms with E-state index in [0.717, 1.165) is 18.4 Å². The molecule has 1 N–H and O–H groups in total. The number of alkyl halides is 3. The summed E-state index contributed by atoms with van der Waals surface area (Å²) < 4.78 is 65.0. The molecule has 0 unspecified atom stereocenters. The number of benzene rings is 1. The van der Waals surface area contributed by atoms with Crippen molar-refractivity contribution in [1.29, 1.82) is 0 Å². The largest absolute Gasteiger partial charge is 0.416 e. The number of piperazine rings is 1. The first kappa shape index (κ1) is 18.1. The third kappa shape index (κ3) is 3.35. The van der Waals surface area contributed by atoms with Crippen LogP contribution in [0.25, 0.3) is 10.9 Å². The molecule has 1 fully saturated rings. The summed E-state index contributed by atoms with van der Waals surface area (Å²) in [5.41, 5.74) is -0.566. The van der Waals surface area contributed by atoms with Crippen LogP contribution in [0.5, 0.6) is 0 Å². The highest BCUT2D eigenvalue weighted by atomic mass is 32.2. The Bertz CT molecular complexity index is 903. The van der Waals surface area contributed by atoms with E-state index >= 15 is 0 Å². The minimum absolute atomic E-state index is 0.230. The molecular weight excluding hydrogens is 355 g/mol. The van der Waals surface area contributed by atoms with E-state index in [1.54, 1.807) is 26.1 Å². The molecule has 1 saturated heterocycles. The summed E-state index contributed by atoms with van der Waals surface area (Å²) in [6.07, 6.45) is -1.69. The molecule has 25 heavy (non-hydrogen) atoms. The average molecular weight is 375 g/mol. The van der Waals surface area contributed by atoms with Gasteiger partial charge in [-0.25, -0.2) is 8.42 Å². The first-order valence-electron chi connectivity index (χ1n) is 7.81. The zero-order valence-electron chi connectivity index (χ0n) is 14.2. The summed E-state index contributed by atoms with van der Waals surface area (Å²) in [5.74, 6) is 0. The maximum absolute atomic E-state index is 13.2. The molecule has 0 radical (unpaired) electrons. The van der Waals surface area contributed by atoms with Crippen molar-refractivity contribution in [3.63, 3.8) is 0 Å². The number of nitrogens with one attached hydrogen (secondary N) is 1. The van der Waals surface area contributed by atoms with Crippen LogP contribution in [-0.2, 0) is 16.2 Å². The second kappa shape index (κ2) is 5.63. The molecule has 138 valence electrons. The number of hydrogen-bond donors (Lipinski definition) is 1. The van der Waals surface area contributed by atoms with Crippen LogP contribution in [0.1, 0.15) is 19.4 Å². The SMILES string of the molecule is CC1(C)CN(c2cc(C(F)(F)F)cc3[nH]ccc23)CCN1S(C)(=O)=O.